The van der Waals surface area contributed by atoms with Crippen LogP contribution in [0.1, 0.15) is 36.8 Å². The molecule has 3 rings (SSSR count). The van der Waals surface area contributed by atoms with Crippen LogP contribution >= 0.6 is 0 Å². The largest absolute Gasteiger partial charge is 0.416 e. The Morgan fingerprint density at radius 1 is 1.29 bits per heavy atom. The van der Waals surface area contributed by atoms with Crippen LogP contribution < -0.4 is 10.6 Å². The summed E-state index contributed by atoms with van der Waals surface area (Å²) >= 11 is 0. The first kappa shape index (κ1) is 23.4. The molecule has 0 radical (unpaired) electrons. The zero-order valence-electron chi connectivity index (χ0n) is 18.1. The van der Waals surface area contributed by atoms with Crippen molar-refractivity contribution < 1.29 is 22.7 Å². The van der Waals surface area contributed by atoms with E-state index in [9.17, 15) is 18.0 Å². The summed E-state index contributed by atoms with van der Waals surface area (Å²) < 4.78 is 45.0. The van der Waals surface area contributed by atoms with Crippen LogP contribution in [-0.4, -0.2) is 63.7 Å². The van der Waals surface area contributed by atoms with Crippen molar-refractivity contribution >= 4 is 11.9 Å². The van der Waals surface area contributed by atoms with E-state index in [1.807, 2.05) is 0 Å². The highest BCUT2D eigenvalue weighted by Gasteiger charge is 2.40. The van der Waals surface area contributed by atoms with Gasteiger partial charge in [-0.2, -0.15) is 13.2 Å². The number of ether oxygens (including phenoxy) is 1. The Morgan fingerprint density at radius 3 is 2.65 bits per heavy atom. The van der Waals surface area contributed by atoms with E-state index in [-0.39, 0.29) is 17.9 Å². The second-order valence-corrected chi connectivity index (χ2v) is 8.63. The van der Waals surface area contributed by atoms with Gasteiger partial charge in [0.25, 0.3) is 0 Å². The maximum Gasteiger partial charge on any atom is 0.416 e. The van der Waals surface area contributed by atoms with Gasteiger partial charge in [0.1, 0.15) is 6.54 Å². The molecule has 1 saturated carbocycles. The van der Waals surface area contributed by atoms with Gasteiger partial charge < -0.3 is 20.3 Å². The van der Waals surface area contributed by atoms with Crippen LogP contribution in [0.15, 0.2) is 29.3 Å². The second-order valence-electron chi connectivity index (χ2n) is 8.63. The number of halogens is 3. The topological polar surface area (TPSA) is 66.0 Å². The fraction of sp³-hybridized carbons (Fsp3) is 0.636. The SMILES string of the molecule is CN(C)C(=O)CN=C(NCC1CCOC1)NCC1(c2cccc(C(F)(F)F)c2)CCC1. The molecule has 2 aliphatic rings. The van der Waals surface area contributed by atoms with Gasteiger partial charge in [0, 0.05) is 45.1 Å². The molecule has 1 aliphatic heterocycles. The number of likely N-dealkylation sites (N-methyl/N-ethyl adjacent to an activating group) is 1. The molecule has 1 heterocycles. The maximum atomic E-state index is 13.2. The number of benzene rings is 1. The number of nitrogens with one attached hydrogen (secondary N) is 2. The lowest BCUT2D eigenvalue weighted by Crippen LogP contribution is -2.50. The van der Waals surface area contributed by atoms with Gasteiger partial charge in [-0.05, 0) is 30.9 Å². The summed E-state index contributed by atoms with van der Waals surface area (Å²) in [6, 6.07) is 5.61. The van der Waals surface area contributed by atoms with Crippen molar-refractivity contribution in [1.82, 2.24) is 15.5 Å². The molecular formula is C22H31F3N4O2. The lowest BCUT2D eigenvalue weighted by molar-refractivity contribution is -0.137. The summed E-state index contributed by atoms with van der Waals surface area (Å²) in [6.07, 6.45) is -0.816. The summed E-state index contributed by atoms with van der Waals surface area (Å²) in [5, 5.41) is 6.56. The van der Waals surface area contributed by atoms with E-state index in [2.05, 4.69) is 15.6 Å². The highest BCUT2D eigenvalue weighted by molar-refractivity contribution is 5.84. The number of amides is 1. The summed E-state index contributed by atoms with van der Waals surface area (Å²) in [4.78, 5) is 17.8. The van der Waals surface area contributed by atoms with Crippen LogP contribution in [0.4, 0.5) is 13.2 Å². The average Bonchev–Trinajstić information content (AvgIpc) is 3.21. The lowest BCUT2D eigenvalue weighted by Gasteiger charge is -2.43. The molecule has 0 spiro atoms. The van der Waals surface area contributed by atoms with E-state index in [4.69, 9.17) is 4.74 Å². The number of hydrogen-bond acceptors (Lipinski definition) is 3. The first-order valence-electron chi connectivity index (χ1n) is 10.7. The molecule has 2 N–H and O–H groups in total. The molecule has 31 heavy (non-hydrogen) atoms. The van der Waals surface area contributed by atoms with Crippen molar-refractivity contribution in [3.05, 3.63) is 35.4 Å². The highest BCUT2D eigenvalue weighted by Crippen LogP contribution is 2.44. The average molecular weight is 441 g/mol. The van der Waals surface area contributed by atoms with Gasteiger partial charge in [-0.1, -0.05) is 24.6 Å². The summed E-state index contributed by atoms with van der Waals surface area (Å²) in [5.74, 6) is 0.750. The molecule has 1 aromatic carbocycles. The Bertz CT molecular complexity index is 785. The third-order valence-corrected chi connectivity index (χ3v) is 6.16. The number of hydrogen-bond donors (Lipinski definition) is 2. The number of guanidine groups is 1. The van der Waals surface area contributed by atoms with Gasteiger partial charge in [0.15, 0.2) is 5.96 Å². The standard InChI is InChI=1S/C22H31F3N4O2/c1-29(2)19(30)13-27-20(26-12-16-7-10-31-14-16)28-15-21(8-4-9-21)17-5-3-6-18(11-17)22(23,24)25/h3,5-6,11,16H,4,7-10,12-15H2,1-2H3,(H2,26,27,28). The lowest BCUT2D eigenvalue weighted by atomic mass is 9.64. The van der Waals surface area contributed by atoms with Crippen LogP contribution in [0.3, 0.4) is 0 Å². The minimum atomic E-state index is -4.36. The molecule has 0 bridgehead atoms. The number of alkyl halides is 3. The Balaban J connectivity index is 1.70. The monoisotopic (exact) mass is 440 g/mol. The maximum absolute atomic E-state index is 13.2. The zero-order chi connectivity index (χ0) is 22.5. The van der Waals surface area contributed by atoms with E-state index >= 15 is 0 Å². The first-order chi connectivity index (χ1) is 14.7. The first-order valence-corrected chi connectivity index (χ1v) is 10.7. The van der Waals surface area contributed by atoms with Crippen molar-refractivity contribution in [2.75, 3.05) is 46.9 Å². The van der Waals surface area contributed by atoms with Crippen LogP contribution in [0.5, 0.6) is 0 Å². The quantitative estimate of drug-likeness (QED) is 0.506. The zero-order valence-corrected chi connectivity index (χ0v) is 18.1. The molecule has 6 nitrogen and oxygen atoms in total. The number of aliphatic imine (C=N–C) groups is 1. The highest BCUT2D eigenvalue weighted by atomic mass is 19.4. The molecule has 2 fully saturated rings. The van der Waals surface area contributed by atoms with Crippen molar-refractivity contribution in [3.8, 4) is 0 Å². The van der Waals surface area contributed by atoms with E-state index in [1.165, 1.54) is 17.0 Å². The van der Waals surface area contributed by atoms with Crippen LogP contribution in [-0.2, 0) is 21.1 Å². The molecule has 0 aromatic heterocycles. The fourth-order valence-electron chi connectivity index (χ4n) is 3.90. The van der Waals surface area contributed by atoms with Crippen LogP contribution in [0.2, 0.25) is 0 Å². The van der Waals surface area contributed by atoms with Crippen molar-refractivity contribution in [2.24, 2.45) is 10.9 Å². The van der Waals surface area contributed by atoms with Crippen molar-refractivity contribution in [2.45, 2.75) is 37.3 Å². The van der Waals surface area contributed by atoms with Gasteiger partial charge in [-0.25, -0.2) is 4.99 Å². The number of nitrogens with zero attached hydrogens (tertiary/aromatic N) is 2. The van der Waals surface area contributed by atoms with E-state index < -0.39 is 11.7 Å². The van der Waals surface area contributed by atoms with E-state index in [1.54, 1.807) is 20.2 Å². The normalized spacial score (nSPS) is 20.8. The Labute approximate surface area is 181 Å². The van der Waals surface area contributed by atoms with Gasteiger partial charge in [0.2, 0.25) is 5.91 Å². The van der Waals surface area contributed by atoms with Gasteiger partial charge in [-0.15, -0.1) is 0 Å². The summed E-state index contributed by atoms with van der Waals surface area (Å²) in [5.41, 5.74) is -0.304. The predicted molar refractivity (Wildman–Crippen MR) is 113 cm³/mol. The minimum Gasteiger partial charge on any atom is -0.381 e. The number of rotatable bonds is 7. The molecule has 1 amide bonds. The summed E-state index contributed by atoms with van der Waals surface area (Å²) in [7, 11) is 3.34. The Kier molecular flexibility index (Phi) is 7.46. The smallest absolute Gasteiger partial charge is 0.381 e. The molecule has 1 atom stereocenters. The Morgan fingerprint density at radius 2 is 2.06 bits per heavy atom. The third kappa shape index (κ3) is 6.12. The third-order valence-electron chi connectivity index (χ3n) is 6.16. The molecule has 1 aromatic rings. The summed E-state index contributed by atoms with van der Waals surface area (Å²) in [6.45, 7) is 2.55. The molecule has 1 aliphatic carbocycles. The molecule has 172 valence electrons. The molecule has 9 heteroatoms. The minimum absolute atomic E-state index is 0.0000584. The van der Waals surface area contributed by atoms with E-state index in [0.29, 0.717) is 37.1 Å². The van der Waals surface area contributed by atoms with Crippen LogP contribution in [0.25, 0.3) is 0 Å². The fourth-order valence-corrected chi connectivity index (χ4v) is 3.90. The van der Waals surface area contributed by atoms with Crippen molar-refractivity contribution in [3.63, 3.8) is 0 Å². The van der Waals surface area contributed by atoms with Crippen molar-refractivity contribution in [1.29, 1.82) is 0 Å². The van der Waals surface area contributed by atoms with Gasteiger partial charge >= 0.3 is 6.18 Å². The van der Waals surface area contributed by atoms with Gasteiger partial charge in [-0.3, -0.25) is 4.79 Å². The molecule has 1 unspecified atom stereocenters. The molecule has 1 saturated heterocycles. The van der Waals surface area contributed by atoms with E-state index in [0.717, 1.165) is 38.4 Å². The second kappa shape index (κ2) is 9.89. The predicted octanol–water partition coefficient (Wildman–Crippen LogP) is 2.79. The van der Waals surface area contributed by atoms with Crippen LogP contribution in [0, 0.1) is 5.92 Å². The Hall–Kier alpha value is -2.29. The number of carbonyl (C=O) groups excluding carboxylic acids is 1. The van der Waals surface area contributed by atoms with Gasteiger partial charge in [0.05, 0.1) is 12.2 Å². The molecular weight excluding hydrogens is 409 g/mol. The number of carbonyl (C=O) groups is 1.